The van der Waals surface area contributed by atoms with Crippen LogP contribution in [0.15, 0.2) is 24.3 Å². The minimum absolute atomic E-state index is 0. The fraction of sp³-hybridized carbons (Fsp3) is 0.588. The van der Waals surface area contributed by atoms with Crippen LogP contribution in [0.3, 0.4) is 0 Å². The first kappa shape index (κ1) is 18.8. The van der Waals surface area contributed by atoms with E-state index in [2.05, 4.69) is 24.8 Å². The van der Waals surface area contributed by atoms with Gasteiger partial charge in [-0.15, -0.1) is 12.4 Å². The second kappa shape index (κ2) is 8.39. The molecule has 124 valence electrons. The molecule has 1 aliphatic rings. The average Bonchev–Trinajstić information content (AvgIpc) is 2.46. The molecular formula is C17H28ClN3O. The topological polar surface area (TPSA) is 49.6 Å². The summed E-state index contributed by atoms with van der Waals surface area (Å²) in [6.07, 6.45) is 2.06. The number of hydrogen-bond acceptors (Lipinski definition) is 3. The molecule has 5 heteroatoms. The van der Waals surface area contributed by atoms with Gasteiger partial charge in [0.25, 0.3) is 0 Å². The van der Waals surface area contributed by atoms with Gasteiger partial charge in [0.1, 0.15) is 0 Å². The third-order valence-electron chi connectivity index (χ3n) is 4.49. The number of amides is 1. The van der Waals surface area contributed by atoms with E-state index in [4.69, 9.17) is 5.73 Å². The van der Waals surface area contributed by atoms with Crippen LogP contribution in [0.2, 0.25) is 0 Å². The van der Waals surface area contributed by atoms with E-state index < -0.39 is 0 Å². The third kappa shape index (κ3) is 4.37. The van der Waals surface area contributed by atoms with Crippen LogP contribution < -0.4 is 5.73 Å². The Morgan fingerprint density at radius 1 is 1.23 bits per heavy atom. The molecule has 0 spiro atoms. The molecule has 1 aliphatic heterocycles. The van der Waals surface area contributed by atoms with Crippen molar-refractivity contribution in [2.75, 3.05) is 18.8 Å². The summed E-state index contributed by atoms with van der Waals surface area (Å²) >= 11 is 0. The minimum atomic E-state index is 0. The summed E-state index contributed by atoms with van der Waals surface area (Å²) in [4.78, 5) is 16.4. The number of piperazine rings is 1. The molecule has 0 aliphatic carbocycles. The first-order valence-electron chi connectivity index (χ1n) is 7.90. The van der Waals surface area contributed by atoms with Crippen molar-refractivity contribution in [3.63, 3.8) is 0 Å². The number of carbonyl (C=O) groups excluding carboxylic acids is 1. The summed E-state index contributed by atoms with van der Waals surface area (Å²) in [6.45, 7) is 8.73. The van der Waals surface area contributed by atoms with Gasteiger partial charge in [-0.25, -0.2) is 0 Å². The van der Waals surface area contributed by atoms with Gasteiger partial charge in [0.2, 0.25) is 5.91 Å². The number of hydrogen-bond donors (Lipinski definition) is 1. The molecule has 2 atom stereocenters. The standard InChI is InChI=1S/C17H27N3O.ClH/c1-4-16-12-20(13(3)21)17(5-2)11-19(16)10-14-7-6-8-15(18)9-14;/h6-9,16-17H,4-5,10-12,18H2,1-3H3;1H. The van der Waals surface area contributed by atoms with Gasteiger partial charge in [0.15, 0.2) is 0 Å². The molecule has 22 heavy (non-hydrogen) atoms. The highest BCUT2D eigenvalue weighted by Gasteiger charge is 2.33. The Balaban J connectivity index is 0.00000242. The summed E-state index contributed by atoms with van der Waals surface area (Å²) in [6, 6.07) is 8.86. The van der Waals surface area contributed by atoms with Crippen LogP contribution in [0, 0.1) is 0 Å². The van der Waals surface area contributed by atoms with Crippen LogP contribution in [-0.2, 0) is 11.3 Å². The van der Waals surface area contributed by atoms with E-state index in [1.54, 1.807) is 6.92 Å². The number of nitrogens with zero attached hydrogens (tertiary/aromatic N) is 2. The lowest BCUT2D eigenvalue weighted by atomic mass is 10.0. The first-order chi connectivity index (χ1) is 10.0. The van der Waals surface area contributed by atoms with Crippen molar-refractivity contribution in [2.24, 2.45) is 0 Å². The van der Waals surface area contributed by atoms with Crippen molar-refractivity contribution in [3.05, 3.63) is 29.8 Å². The van der Waals surface area contributed by atoms with Gasteiger partial charge in [-0.05, 0) is 30.5 Å². The Morgan fingerprint density at radius 3 is 2.45 bits per heavy atom. The minimum Gasteiger partial charge on any atom is -0.399 e. The van der Waals surface area contributed by atoms with Gasteiger partial charge in [0.05, 0.1) is 0 Å². The van der Waals surface area contributed by atoms with Crippen LogP contribution >= 0.6 is 12.4 Å². The van der Waals surface area contributed by atoms with Crippen LogP contribution in [0.4, 0.5) is 5.69 Å². The SMILES string of the molecule is CCC1CN(C(C)=O)C(CC)CN1Cc1cccc(N)c1.Cl. The molecule has 0 aromatic heterocycles. The van der Waals surface area contributed by atoms with E-state index in [-0.39, 0.29) is 18.3 Å². The summed E-state index contributed by atoms with van der Waals surface area (Å²) in [5.41, 5.74) is 7.94. The molecule has 1 aromatic carbocycles. The number of rotatable bonds is 4. The van der Waals surface area contributed by atoms with Crippen LogP contribution in [0.5, 0.6) is 0 Å². The lowest BCUT2D eigenvalue weighted by Gasteiger charge is -2.46. The van der Waals surface area contributed by atoms with Crippen LogP contribution in [-0.4, -0.2) is 40.9 Å². The average molecular weight is 326 g/mol. The highest BCUT2D eigenvalue weighted by molar-refractivity contribution is 5.85. The van der Waals surface area contributed by atoms with Gasteiger partial charge in [-0.3, -0.25) is 9.69 Å². The number of nitrogens with two attached hydrogens (primary N) is 1. The van der Waals surface area contributed by atoms with E-state index in [0.29, 0.717) is 12.1 Å². The quantitative estimate of drug-likeness (QED) is 0.866. The fourth-order valence-corrected chi connectivity index (χ4v) is 3.25. The molecule has 1 fully saturated rings. The van der Waals surface area contributed by atoms with Crippen molar-refractivity contribution in [3.8, 4) is 0 Å². The lowest BCUT2D eigenvalue weighted by molar-refractivity contribution is -0.135. The molecule has 2 unspecified atom stereocenters. The van der Waals surface area contributed by atoms with Crippen molar-refractivity contribution < 1.29 is 4.79 Å². The largest absolute Gasteiger partial charge is 0.399 e. The summed E-state index contributed by atoms with van der Waals surface area (Å²) < 4.78 is 0. The predicted octanol–water partition coefficient (Wildman–Crippen LogP) is 2.91. The molecule has 1 heterocycles. The Kier molecular flexibility index (Phi) is 7.17. The maximum atomic E-state index is 11.8. The number of halogens is 1. The van der Waals surface area contributed by atoms with Crippen molar-refractivity contribution in [2.45, 2.75) is 52.2 Å². The van der Waals surface area contributed by atoms with Gasteiger partial charge in [0, 0.05) is 44.3 Å². The number of benzene rings is 1. The Morgan fingerprint density at radius 2 is 1.91 bits per heavy atom. The van der Waals surface area contributed by atoms with Crippen molar-refractivity contribution in [1.29, 1.82) is 0 Å². The molecule has 0 bridgehead atoms. The zero-order chi connectivity index (χ0) is 15.4. The third-order valence-corrected chi connectivity index (χ3v) is 4.49. The molecular weight excluding hydrogens is 298 g/mol. The number of nitrogen functional groups attached to an aromatic ring is 1. The predicted molar refractivity (Wildman–Crippen MR) is 94.1 cm³/mol. The zero-order valence-corrected chi connectivity index (χ0v) is 14.6. The smallest absolute Gasteiger partial charge is 0.219 e. The first-order valence-corrected chi connectivity index (χ1v) is 7.90. The molecule has 2 N–H and O–H groups in total. The Labute approximate surface area is 140 Å². The van der Waals surface area contributed by atoms with E-state index in [1.807, 2.05) is 23.1 Å². The summed E-state index contributed by atoms with van der Waals surface area (Å²) in [5, 5.41) is 0. The monoisotopic (exact) mass is 325 g/mol. The van der Waals surface area contributed by atoms with E-state index in [1.165, 1.54) is 5.56 Å². The van der Waals surface area contributed by atoms with Crippen molar-refractivity contribution >= 4 is 24.0 Å². The highest BCUT2D eigenvalue weighted by Crippen LogP contribution is 2.22. The Hall–Kier alpha value is -1.26. The molecule has 1 amide bonds. The summed E-state index contributed by atoms with van der Waals surface area (Å²) in [7, 11) is 0. The van der Waals surface area contributed by atoms with Gasteiger partial charge >= 0.3 is 0 Å². The molecule has 0 radical (unpaired) electrons. The molecule has 1 saturated heterocycles. The van der Waals surface area contributed by atoms with Gasteiger partial charge in [-0.1, -0.05) is 26.0 Å². The maximum Gasteiger partial charge on any atom is 0.219 e. The second-order valence-corrected chi connectivity index (χ2v) is 5.97. The zero-order valence-electron chi connectivity index (χ0n) is 13.8. The van der Waals surface area contributed by atoms with Crippen LogP contribution in [0.25, 0.3) is 0 Å². The van der Waals surface area contributed by atoms with Gasteiger partial charge in [-0.2, -0.15) is 0 Å². The normalized spacial score (nSPS) is 22.2. The molecule has 0 saturated carbocycles. The Bertz CT molecular complexity index is 495. The summed E-state index contributed by atoms with van der Waals surface area (Å²) in [5.74, 6) is 0.198. The maximum absolute atomic E-state index is 11.8. The lowest BCUT2D eigenvalue weighted by Crippen LogP contribution is -2.58. The van der Waals surface area contributed by atoms with Crippen LogP contribution in [0.1, 0.15) is 39.2 Å². The van der Waals surface area contributed by atoms with Gasteiger partial charge < -0.3 is 10.6 Å². The van der Waals surface area contributed by atoms with E-state index >= 15 is 0 Å². The second-order valence-electron chi connectivity index (χ2n) is 5.97. The van der Waals surface area contributed by atoms with Crippen molar-refractivity contribution in [1.82, 2.24) is 9.80 Å². The molecule has 1 aromatic rings. The molecule has 2 rings (SSSR count). The highest BCUT2D eigenvalue weighted by atomic mass is 35.5. The number of anilines is 1. The van der Waals surface area contributed by atoms with E-state index in [9.17, 15) is 4.79 Å². The number of carbonyl (C=O) groups is 1. The fourth-order valence-electron chi connectivity index (χ4n) is 3.25. The molecule has 4 nitrogen and oxygen atoms in total. The van der Waals surface area contributed by atoms with E-state index in [0.717, 1.165) is 38.2 Å².